The van der Waals surface area contributed by atoms with E-state index in [4.69, 9.17) is 0 Å². The molecule has 0 radical (unpaired) electrons. The molecule has 2 rings (SSSR count). The van der Waals surface area contributed by atoms with E-state index in [0.717, 1.165) is 15.8 Å². The normalized spacial score (nSPS) is 21.2. The van der Waals surface area contributed by atoms with E-state index >= 15 is 0 Å². The topological polar surface area (TPSA) is 49.4 Å². The molecule has 1 aromatic heterocycles. The Morgan fingerprint density at radius 3 is 2.89 bits per heavy atom. The second-order valence-electron chi connectivity index (χ2n) is 4.69. The number of carbonyl (C=O) groups excluding carboxylic acids is 2. The van der Waals surface area contributed by atoms with E-state index in [1.165, 1.54) is 4.90 Å². The maximum absolute atomic E-state index is 12.2. The number of rotatable bonds is 5. The smallest absolute Gasteiger partial charge is 0.247 e. The molecular weight excluding hydrogens is 328 g/mol. The van der Waals surface area contributed by atoms with Crippen LogP contribution in [0.3, 0.4) is 0 Å². The molecule has 1 aromatic rings. The van der Waals surface area contributed by atoms with Gasteiger partial charge in [-0.05, 0) is 40.7 Å². The molecular formula is C13H17BrN2O2S. The molecule has 1 saturated heterocycles. The maximum Gasteiger partial charge on any atom is 0.247 e. The van der Waals surface area contributed by atoms with Crippen molar-refractivity contribution in [3.05, 3.63) is 20.8 Å². The zero-order valence-corrected chi connectivity index (χ0v) is 13.4. The third kappa shape index (κ3) is 3.07. The molecule has 1 aliphatic rings. The summed E-state index contributed by atoms with van der Waals surface area (Å²) in [6, 6.07) is 1.59. The monoisotopic (exact) mass is 344 g/mol. The molecule has 1 aliphatic heterocycles. The van der Waals surface area contributed by atoms with Gasteiger partial charge in [0.15, 0.2) is 0 Å². The van der Waals surface area contributed by atoms with Gasteiger partial charge in [0.25, 0.3) is 0 Å². The second kappa shape index (κ2) is 6.15. The van der Waals surface area contributed by atoms with E-state index in [1.54, 1.807) is 11.3 Å². The molecule has 1 fully saturated rings. The van der Waals surface area contributed by atoms with Crippen LogP contribution in [0.5, 0.6) is 0 Å². The lowest BCUT2D eigenvalue weighted by Gasteiger charge is -2.21. The third-order valence-electron chi connectivity index (χ3n) is 3.41. The van der Waals surface area contributed by atoms with E-state index in [0.29, 0.717) is 6.54 Å². The highest BCUT2D eigenvalue weighted by Crippen LogP contribution is 2.23. The molecule has 0 bridgehead atoms. The highest BCUT2D eigenvalue weighted by atomic mass is 79.9. The Labute approximate surface area is 125 Å². The molecule has 6 heteroatoms. The lowest BCUT2D eigenvalue weighted by molar-refractivity contribution is -0.141. The lowest BCUT2D eigenvalue weighted by atomic mass is 10.2. The Kier molecular flexibility index (Phi) is 4.76. The first-order chi connectivity index (χ1) is 9.04. The first kappa shape index (κ1) is 14.7. The molecule has 0 aromatic carbocycles. The predicted octanol–water partition coefficient (Wildman–Crippen LogP) is 2.53. The largest absolute Gasteiger partial charge is 0.300 e. The van der Waals surface area contributed by atoms with Crippen molar-refractivity contribution in [2.24, 2.45) is 0 Å². The second-order valence-corrected chi connectivity index (χ2v) is 6.54. The molecule has 0 saturated carbocycles. The molecule has 104 valence electrons. The summed E-state index contributed by atoms with van der Waals surface area (Å²) < 4.78 is 1.04. The quantitative estimate of drug-likeness (QED) is 0.835. The van der Waals surface area contributed by atoms with Gasteiger partial charge < -0.3 is 5.32 Å². The minimum Gasteiger partial charge on any atom is -0.300 e. The first-order valence-corrected chi connectivity index (χ1v) is 8.03. The number of hydrogen-bond acceptors (Lipinski definition) is 4. The Morgan fingerprint density at radius 1 is 1.58 bits per heavy atom. The molecule has 0 spiro atoms. The predicted molar refractivity (Wildman–Crippen MR) is 78.9 cm³/mol. The van der Waals surface area contributed by atoms with Gasteiger partial charge >= 0.3 is 0 Å². The van der Waals surface area contributed by atoms with Gasteiger partial charge in [0.1, 0.15) is 0 Å². The standard InChI is InChI=1S/C13H17BrN2O2S/c1-3-8(2)16-12(17)6-10(13(16)18)15-7-11-9(14)4-5-19-11/h4-5,8,10,15H,3,6-7H2,1-2H3. The van der Waals surface area contributed by atoms with Crippen LogP contribution in [0, 0.1) is 0 Å². The van der Waals surface area contributed by atoms with Gasteiger partial charge in [-0.1, -0.05) is 6.92 Å². The third-order valence-corrected chi connectivity index (χ3v) is 5.34. The van der Waals surface area contributed by atoms with Crippen molar-refractivity contribution in [3.8, 4) is 0 Å². The van der Waals surface area contributed by atoms with Crippen LogP contribution in [0.1, 0.15) is 31.6 Å². The number of nitrogens with one attached hydrogen (secondary N) is 1. The minimum atomic E-state index is -0.379. The molecule has 1 N–H and O–H groups in total. The SMILES string of the molecule is CCC(C)N1C(=O)CC(NCc2sccc2Br)C1=O. The number of halogens is 1. The van der Waals surface area contributed by atoms with Crippen LogP contribution in [0.15, 0.2) is 15.9 Å². The van der Waals surface area contributed by atoms with Crippen LogP contribution in [-0.2, 0) is 16.1 Å². The van der Waals surface area contributed by atoms with Crippen molar-refractivity contribution in [3.63, 3.8) is 0 Å². The molecule has 2 unspecified atom stereocenters. The number of amides is 2. The molecule has 2 amide bonds. The highest BCUT2D eigenvalue weighted by Gasteiger charge is 2.40. The van der Waals surface area contributed by atoms with Gasteiger partial charge in [0.2, 0.25) is 11.8 Å². The lowest BCUT2D eigenvalue weighted by Crippen LogP contribution is -2.42. The summed E-state index contributed by atoms with van der Waals surface area (Å²) in [5.41, 5.74) is 0. The van der Waals surface area contributed by atoms with Crippen molar-refractivity contribution in [2.75, 3.05) is 0 Å². The van der Waals surface area contributed by atoms with E-state index in [1.807, 2.05) is 25.3 Å². The Bertz CT molecular complexity index is 489. The molecule has 2 heterocycles. The Hall–Kier alpha value is -0.720. The zero-order chi connectivity index (χ0) is 14.0. The zero-order valence-electron chi connectivity index (χ0n) is 11.0. The van der Waals surface area contributed by atoms with E-state index in [2.05, 4.69) is 21.2 Å². The summed E-state index contributed by atoms with van der Waals surface area (Å²) in [4.78, 5) is 26.6. The van der Waals surface area contributed by atoms with Crippen molar-refractivity contribution < 1.29 is 9.59 Å². The number of thiophene rings is 1. The number of nitrogens with zero attached hydrogens (tertiary/aromatic N) is 1. The van der Waals surface area contributed by atoms with Gasteiger partial charge in [0, 0.05) is 21.9 Å². The van der Waals surface area contributed by atoms with Gasteiger partial charge in [-0.2, -0.15) is 0 Å². The van der Waals surface area contributed by atoms with Crippen LogP contribution in [-0.4, -0.2) is 28.8 Å². The van der Waals surface area contributed by atoms with E-state index in [-0.39, 0.29) is 30.3 Å². The molecule has 2 atom stereocenters. The minimum absolute atomic E-state index is 0.0136. The highest BCUT2D eigenvalue weighted by molar-refractivity contribution is 9.10. The van der Waals surface area contributed by atoms with Crippen LogP contribution in [0.2, 0.25) is 0 Å². The van der Waals surface area contributed by atoms with E-state index in [9.17, 15) is 9.59 Å². The maximum atomic E-state index is 12.2. The Balaban J connectivity index is 1.98. The van der Waals surface area contributed by atoms with Crippen molar-refractivity contribution in [1.29, 1.82) is 0 Å². The van der Waals surface area contributed by atoms with Crippen molar-refractivity contribution in [2.45, 2.75) is 45.3 Å². The number of hydrogen-bond donors (Lipinski definition) is 1. The fourth-order valence-corrected chi connectivity index (χ4v) is 3.57. The first-order valence-electron chi connectivity index (χ1n) is 6.35. The average molecular weight is 345 g/mol. The van der Waals surface area contributed by atoms with Gasteiger partial charge in [-0.25, -0.2) is 0 Å². The summed E-state index contributed by atoms with van der Waals surface area (Å²) in [7, 11) is 0. The Morgan fingerprint density at radius 2 is 2.32 bits per heavy atom. The van der Waals surface area contributed by atoms with Crippen LogP contribution < -0.4 is 5.32 Å². The molecule has 19 heavy (non-hydrogen) atoms. The fraction of sp³-hybridized carbons (Fsp3) is 0.538. The molecule has 0 aliphatic carbocycles. The van der Waals surface area contributed by atoms with Gasteiger partial charge in [0.05, 0.1) is 12.5 Å². The number of carbonyl (C=O) groups is 2. The van der Waals surface area contributed by atoms with Gasteiger partial charge in [-0.15, -0.1) is 11.3 Å². The van der Waals surface area contributed by atoms with Crippen LogP contribution in [0.25, 0.3) is 0 Å². The van der Waals surface area contributed by atoms with Crippen molar-refractivity contribution >= 4 is 39.1 Å². The van der Waals surface area contributed by atoms with E-state index < -0.39 is 0 Å². The summed E-state index contributed by atoms with van der Waals surface area (Å²) in [5.74, 6) is -0.158. The van der Waals surface area contributed by atoms with Gasteiger partial charge in [-0.3, -0.25) is 14.5 Å². The molecule has 4 nitrogen and oxygen atoms in total. The van der Waals surface area contributed by atoms with Crippen LogP contribution >= 0.6 is 27.3 Å². The van der Waals surface area contributed by atoms with Crippen LogP contribution in [0.4, 0.5) is 0 Å². The average Bonchev–Trinajstić information content (AvgIpc) is 2.90. The number of likely N-dealkylation sites (tertiary alicyclic amines) is 1. The summed E-state index contributed by atoms with van der Waals surface area (Å²) in [5, 5.41) is 5.18. The fourth-order valence-electron chi connectivity index (χ4n) is 2.12. The summed E-state index contributed by atoms with van der Waals surface area (Å²) in [6.45, 7) is 4.50. The summed E-state index contributed by atoms with van der Waals surface area (Å²) >= 11 is 5.08. The summed E-state index contributed by atoms with van der Waals surface area (Å²) in [6.07, 6.45) is 1.06. The number of imide groups is 1. The van der Waals surface area contributed by atoms with Crippen molar-refractivity contribution in [1.82, 2.24) is 10.2 Å².